The minimum absolute atomic E-state index is 0.0266. The highest BCUT2D eigenvalue weighted by atomic mass is 19.1. The number of ketones is 1. The highest BCUT2D eigenvalue weighted by molar-refractivity contribution is 5.97. The Morgan fingerprint density at radius 2 is 1.74 bits per heavy atom. The van der Waals surface area contributed by atoms with Crippen molar-refractivity contribution in [2.75, 3.05) is 6.61 Å². The Bertz CT molecular complexity index is 711. The molecule has 0 saturated heterocycles. The van der Waals surface area contributed by atoms with E-state index in [1.54, 1.807) is 24.3 Å². The summed E-state index contributed by atoms with van der Waals surface area (Å²) in [5.74, 6) is -2.28. The first kappa shape index (κ1) is 16.6. The average Bonchev–Trinajstić information content (AvgIpc) is 2.54. The van der Waals surface area contributed by atoms with Gasteiger partial charge in [0.05, 0.1) is 0 Å². The van der Waals surface area contributed by atoms with E-state index in [0.29, 0.717) is 11.1 Å². The van der Waals surface area contributed by atoms with E-state index in [2.05, 4.69) is 4.74 Å². The minimum atomic E-state index is -0.653. The van der Waals surface area contributed by atoms with Crippen LogP contribution in [0.25, 0.3) is 0 Å². The maximum absolute atomic E-state index is 13.4. The smallest absolute Gasteiger partial charge is 0.303 e. The van der Waals surface area contributed by atoms with Crippen LogP contribution in [0.1, 0.15) is 22.8 Å². The maximum atomic E-state index is 13.4. The fraction of sp³-hybridized carbons (Fsp3) is 0.176. The third-order valence-electron chi connectivity index (χ3n) is 2.97. The fourth-order valence-corrected chi connectivity index (χ4v) is 1.79. The Morgan fingerprint density at radius 1 is 1.04 bits per heavy atom. The fourth-order valence-electron chi connectivity index (χ4n) is 1.79. The summed E-state index contributed by atoms with van der Waals surface area (Å²) in [5.41, 5.74) is 1.06. The molecule has 0 saturated carbocycles. The molecular formula is C17H14F2O4. The zero-order valence-corrected chi connectivity index (χ0v) is 12.3. The molecular weight excluding hydrogens is 306 g/mol. The van der Waals surface area contributed by atoms with Crippen LogP contribution in [-0.4, -0.2) is 18.4 Å². The number of hydrogen-bond acceptors (Lipinski definition) is 4. The largest absolute Gasteiger partial charge is 0.486 e. The summed E-state index contributed by atoms with van der Waals surface area (Å²) in [6.07, 6.45) is 0. The summed E-state index contributed by atoms with van der Waals surface area (Å²) in [4.78, 5) is 22.4. The van der Waals surface area contributed by atoms with Crippen LogP contribution in [0.2, 0.25) is 0 Å². The van der Waals surface area contributed by atoms with Crippen molar-refractivity contribution < 1.29 is 27.8 Å². The number of hydrogen-bond donors (Lipinski definition) is 0. The molecule has 0 spiro atoms. The van der Waals surface area contributed by atoms with Crippen molar-refractivity contribution in [1.29, 1.82) is 0 Å². The molecule has 0 fully saturated rings. The Morgan fingerprint density at radius 3 is 2.39 bits per heavy atom. The third-order valence-corrected chi connectivity index (χ3v) is 2.97. The Kier molecular flexibility index (Phi) is 5.41. The van der Waals surface area contributed by atoms with Crippen LogP contribution in [-0.2, 0) is 16.1 Å². The van der Waals surface area contributed by atoms with E-state index in [-0.39, 0.29) is 24.7 Å². The van der Waals surface area contributed by atoms with Crippen LogP contribution >= 0.6 is 0 Å². The summed E-state index contributed by atoms with van der Waals surface area (Å²) in [6.45, 7) is 0.928. The Balaban J connectivity index is 1.96. The first-order valence-corrected chi connectivity index (χ1v) is 6.79. The van der Waals surface area contributed by atoms with E-state index >= 15 is 0 Å². The monoisotopic (exact) mass is 320 g/mol. The van der Waals surface area contributed by atoms with Gasteiger partial charge in [-0.1, -0.05) is 24.3 Å². The van der Waals surface area contributed by atoms with Crippen LogP contribution in [0.4, 0.5) is 8.78 Å². The van der Waals surface area contributed by atoms with Crippen LogP contribution in [0.5, 0.6) is 5.75 Å². The molecule has 120 valence electrons. The van der Waals surface area contributed by atoms with Crippen molar-refractivity contribution in [3.8, 4) is 5.75 Å². The van der Waals surface area contributed by atoms with Gasteiger partial charge in [-0.25, -0.2) is 8.78 Å². The van der Waals surface area contributed by atoms with E-state index in [4.69, 9.17) is 4.74 Å². The van der Waals surface area contributed by atoms with Gasteiger partial charge in [0.1, 0.15) is 12.4 Å². The summed E-state index contributed by atoms with van der Waals surface area (Å²) in [6, 6.07) is 9.30. The van der Waals surface area contributed by atoms with Gasteiger partial charge in [-0.3, -0.25) is 9.59 Å². The molecule has 0 amide bonds. The van der Waals surface area contributed by atoms with Crippen LogP contribution in [0.15, 0.2) is 42.5 Å². The zero-order chi connectivity index (χ0) is 16.8. The number of esters is 1. The first-order valence-electron chi connectivity index (χ1n) is 6.79. The molecule has 23 heavy (non-hydrogen) atoms. The summed E-state index contributed by atoms with van der Waals surface area (Å²) < 4.78 is 36.3. The van der Waals surface area contributed by atoms with Crippen molar-refractivity contribution in [1.82, 2.24) is 0 Å². The molecule has 6 heteroatoms. The molecule has 0 aliphatic heterocycles. The molecule has 0 heterocycles. The van der Waals surface area contributed by atoms with Gasteiger partial charge < -0.3 is 9.47 Å². The van der Waals surface area contributed by atoms with E-state index in [1.807, 2.05) is 0 Å². The molecule has 0 atom stereocenters. The van der Waals surface area contributed by atoms with Crippen LogP contribution < -0.4 is 4.74 Å². The minimum Gasteiger partial charge on any atom is -0.486 e. The predicted octanol–water partition coefficient (Wildman–Crippen LogP) is 3.29. The van der Waals surface area contributed by atoms with Gasteiger partial charge in [0.2, 0.25) is 0 Å². The molecule has 0 N–H and O–H groups in total. The highest BCUT2D eigenvalue weighted by Gasteiger charge is 2.09. The van der Waals surface area contributed by atoms with Crippen molar-refractivity contribution in [2.24, 2.45) is 0 Å². The van der Waals surface area contributed by atoms with E-state index in [1.165, 1.54) is 6.92 Å². The standard InChI is InChI=1S/C17H14F2O4/c1-11(20)22-10-16(21)13-4-2-12(3-5-13)9-23-17-8-14(18)6-7-15(17)19/h2-8H,9-10H2,1H3. The molecule has 0 unspecified atom stereocenters. The molecule has 0 radical (unpaired) electrons. The lowest BCUT2D eigenvalue weighted by Gasteiger charge is -2.08. The van der Waals surface area contributed by atoms with Gasteiger partial charge in [0.15, 0.2) is 24.0 Å². The molecule has 0 aliphatic rings. The maximum Gasteiger partial charge on any atom is 0.303 e. The number of halogens is 2. The third kappa shape index (κ3) is 4.88. The second-order valence-electron chi connectivity index (χ2n) is 4.76. The van der Waals surface area contributed by atoms with Gasteiger partial charge >= 0.3 is 5.97 Å². The number of Topliss-reactive ketones (excluding diaryl/α,β-unsaturated/α-hetero) is 1. The molecule has 2 aromatic carbocycles. The normalized spacial score (nSPS) is 10.2. The zero-order valence-electron chi connectivity index (χ0n) is 12.3. The Labute approximate surface area is 131 Å². The molecule has 0 aromatic heterocycles. The first-order chi connectivity index (χ1) is 11.0. The molecule has 4 nitrogen and oxygen atoms in total. The van der Waals surface area contributed by atoms with Crippen LogP contribution in [0.3, 0.4) is 0 Å². The van der Waals surface area contributed by atoms with Gasteiger partial charge in [0.25, 0.3) is 0 Å². The Hall–Kier alpha value is -2.76. The van der Waals surface area contributed by atoms with Gasteiger partial charge in [-0.05, 0) is 17.7 Å². The molecule has 0 aliphatic carbocycles. The molecule has 2 aromatic rings. The second-order valence-corrected chi connectivity index (χ2v) is 4.76. The highest BCUT2D eigenvalue weighted by Crippen LogP contribution is 2.19. The second kappa shape index (κ2) is 7.49. The van der Waals surface area contributed by atoms with Crippen LogP contribution in [0, 0.1) is 11.6 Å². The number of ether oxygens (including phenoxy) is 2. The molecule has 2 rings (SSSR count). The lowest BCUT2D eigenvalue weighted by molar-refractivity contribution is -0.139. The topological polar surface area (TPSA) is 52.6 Å². The van der Waals surface area contributed by atoms with E-state index in [9.17, 15) is 18.4 Å². The van der Waals surface area contributed by atoms with Gasteiger partial charge in [0, 0.05) is 18.6 Å². The van der Waals surface area contributed by atoms with Crippen molar-refractivity contribution in [3.63, 3.8) is 0 Å². The number of carbonyl (C=O) groups excluding carboxylic acids is 2. The average molecular weight is 320 g/mol. The van der Waals surface area contributed by atoms with E-state index in [0.717, 1.165) is 18.2 Å². The van der Waals surface area contributed by atoms with Crippen molar-refractivity contribution in [3.05, 3.63) is 65.2 Å². The van der Waals surface area contributed by atoms with E-state index < -0.39 is 17.6 Å². The lowest BCUT2D eigenvalue weighted by atomic mass is 10.1. The number of carbonyl (C=O) groups is 2. The summed E-state index contributed by atoms with van der Waals surface area (Å²) in [7, 11) is 0. The summed E-state index contributed by atoms with van der Waals surface area (Å²) >= 11 is 0. The predicted molar refractivity (Wildman–Crippen MR) is 78.1 cm³/mol. The SMILES string of the molecule is CC(=O)OCC(=O)c1ccc(COc2cc(F)ccc2F)cc1. The molecule has 0 bridgehead atoms. The lowest BCUT2D eigenvalue weighted by Crippen LogP contribution is -2.11. The quantitative estimate of drug-likeness (QED) is 0.605. The summed E-state index contributed by atoms with van der Waals surface area (Å²) in [5, 5.41) is 0. The van der Waals surface area contributed by atoms with Gasteiger partial charge in [-0.15, -0.1) is 0 Å². The van der Waals surface area contributed by atoms with Gasteiger partial charge in [-0.2, -0.15) is 0 Å². The van der Waals surface area contributed by atoms with Crippen molar-refractivity contribution >= 4 is 11.8 Å². The number of benzene rings is 2. The van der Waals surface area contributed by atoms with Crippen molar-refractivity contribution in [2.45, 2.75) is 13.5 Å². The number of rotatable bonds is 6.